The van der Waals surface area contributed by atoms with E-state index in [1.54, 1.807) is 31.2 Å². The fourth-order valence-electron chi connectivity index (χ4n) is 2.52. The van der Waals surface area contributed by atoms with E-state index in [4.69, 9.17) is 12.6 Å². The normalized spacial score (nSPS) is 13.0. The third kappa shape index (κ3) is 5.57. The van der Waals surface area contributed by atoms with Gasteiger partial charge in [-0.3, -0.25) is 4.79 Å². The lowest BCUT2D eigenvalue weighted by atomic mass is 10.1. The number of carboxylic acid groups (broad SMARTS) is 1. The molecule has 1 heterocycles. The largest absolute Gasteiger partial charge is 0.488 e. The van der Waals surface area contributed by atoms with E-state index in [0.29, 0.717) is 27.6 Å². The van der Waals surface area contributed by atoms with Crippen molar-refractivity contribution in [3.8, 4) is 16.3 Å². The number of thiazole rings is 1. The third-order valence-corrected chi connectivity index (χ3v) is 5.27. The van der Waals surface area contributed by atoms with Crippen LogP contribution in [0.3, 0.4) is 0 Å². The SMILES string of the molecule is [2H]C([2H])(Cc1ccc(OCc2sc(-c3ccc(C(F)(F)F)cc3)nc2C)cc1)C(=O)O. The molecule has 0 aliphatic rings. The summed E-state index contributed by atoms with van der Waals surface area (Å²) >= 11 is 1.33. The fourth-order valence-corrected chi connectivity index (χ4v) is 3.50. The van der Waals surface area contributed by atoms with Crippen LogP contribution in [0.25, 0.3) is 10.6 Å². The van der Waals surface area contributed by atoms with Crippen molar-refractivity contribution in [2.24, 2.45) is 0 Å². The van der Waals surface area contributed by atoms with Crippen LogP contribution in [0.4, 0.5) is 13.2 Å². The summed E-state index contributed by atoms with van der Waals surface area (Å²) in [5, 5.41) is 9.47. The minimum absolute atomic E-state index is 0.208. The summed E-state index contributed by atoms with van der Waals surface area (Å²) in [4.78, 5) is 16.1. The standard InChI is InChI=1S/C21H18F3NO3S/c1-13-18(12-28-17-9-2-14(3-10-17)4-11-19(26)27)29-20(25-13)15-5-7-16(8-6-15)21(22,23)24/h2-3,5-10H,4,11-12H2,1H3,(H,26,27)/i11D2. The number of aromatic nitrogens is 1. The van der Waals surface area contributed by atoms with Gasteiger partial charge >= 0.3 is 12.1 Å². The van der Waals surface area contributed by atoms with Gasteiger partial charge in [-0.1, -0.05) is 24.3 Å². The molecule has 0 atom stereocenters. The molecule has 2 aromatic carbocycles. The van der Waals surface area contributed by atoms with E-state index in [2.05, 4.69) is 4.98 Å². The minimum atomic E-state index is -4.39. The molecule has 8 heteroatoms. The van der Waals surface area contributed by atoms with Crippen LogP contribution in [-0.2, 0) is 24.0 Å². The number of benzene rings is 2. The Balaban J connectivity index is 1.65. The maximum atomic E-state index is 12.7. The Morgan fingerprint density at radius 1 is 1.17 bits per heavy atom. The smallest absolute Gasteiger partial charge is 0.416 e. The summed E-state index contributed by atoms with van der Waals surface area (Å²) in [5.74, 6) is -0.999. The molecule has 3 rings (SSSR count). The molecule has 0 saturated carbocycles. The lowest BCUT2D eigenvalue weighted by Crippen LogP contribution is -2.03. The maximum absolute atomic E-state index is 12.7. The molecule has 0 bridgehead atoms. The topological polar surface area (TPSA) is 59.4 Å². The molecule has 0 aliphatic heterocycles. The molecule has 0 radical (unpaired) electrons. The molecule has 4 nitrogen and oxygen atoms in total. The van der Waals surface area contributed by atoms with Crippen LogP contribution in [0.5, 0.6) is 5.75 Å². The van der Waals surface area contributed by atoms with E-state index < -0.39 is 24.1 Å². The van der Waals surface area contributed by atoms with Crippen molar-refractivity contribution in [2.45, 2.75) is 32.5 Å². The van der Waals surface area contributed by atoms with Crippen molar-refractivity contribution in [1.82, 2.24) is 4.98 Å². The highest BCUT2D eigenvalue weighted by atomic mass is 32.1. The molecule has 0 unspecified atom stereocenters. The summed E-state index contributed by atoms with van der Waals surface area (Å²) in [7, 11) is 0. The van der Waals surface area contributed by atoms with Gasteiger partial charge < -0.3 is 9.84 Å². The van der Waals surface area contributed by atoms with E-state index in [1.165, 1.54) is 23.5 Å². The number of hydrogen-bond acceptors (Lipinski definition) is 4. The lowest BCUT2D eigenvalue weighted by molar-refractivity contribution is -0.138. The van der Waals surface area contributed by atoms with Crippen LogP contribution in [0, 0.1) is 6.92 Å². The molecular formula is C21H18F3NO3S. The van der Waals surface area contributed by atoms with Crippen LogP contribution < -0.4 is 4.74 Å². The highest BCUT2D eigenvalue weighted by Gasteiger charge is 2.30. The Labute approximate surface area is 172 Å². The number of alkyl halides is 3. The molecule has 0 aliphatic carbocycles. The predicted octanol–water partition coefficient (Wildman–Crippen LogP) is 5.73. The molecule has 0 fully saturated rings. The number of aliphatic carboxylic acids is 1. The fraction of sp³-hybridized carbons (Fsp3) is 0.238. The number of ether oxygens (including phenoxy) is 1. The predicted molar refractivity (Wildman–Crippen MR) is 104 cm³/mol. The van der Waals surface area contributed by atoms with Crippen molar-refractivity contribution >= 4 is 17.3 Å². The Morgan fingerprint density at radius 2 is 1.83 bits per heavy atom. The molecule has 1 aromatic heterocycles. The van der Waals surface area contributed by atoms with Gasteiger partial charge in [0, 0.05) is 14.7 Å². The van der Waals surface area contributed by atoms with E-state index in [9.17, 15) is 18.0 Å². The van der Waals surface area contributed by atoms with Crippen molar-refractivity contribution < 1.29 is 30.6 Å². The summed E-state index contributed by atoms with van der Waals surface area (Å²) < 4.78 is 58.8. The van der Waals surface area contributed by atoms with Gasteiger partial charge in [0.05, 0.1) is 16.1 Å². The van der Waals surface area contributed by atoms with Crippen LogP contribution >= 0.6 is 11.3 Å². The van der Waals surface area contributed by atoms with Gasteiger partial charge in [0.15, 0.2) is 0 Å². The second-order valence-electron chi connectivity index (χ2n) is 6.19. The Bertz CT molecular complexity index is 1060. The average Bonchev–Trinajstić information content (AvgIpc) is 3.07. The summed E-state index contributed by atoms with van der Waals surface area (Å²) in [6.07, 6.45) is -6.99. The number of carbonyl (C=O) groups is 1. The number of nitrogens with zero attached hydrogens (tertiary/aromatic N) is 1. The highest BCUT2D eigenvalue weighted by molar-refractivity contribution is 7.15. The van der Waals surface area contributed by atoms with Gasteiger partial charge in [0.25, 0.3) is 0 Å². The zero-order chi connectivity index (χ0) is 22.8. The molecule has 0 amide bonds. The Hall–Kier alpha value is -2.87. The first-order valence-electron chi connectivity index (χ1n) is 9.55. The number of rotatable bonds is 7. The van der Waals surface area contributed by atoms with Crippen molar-refractivity contribution in [2.75, 3.05) is 0 Å². The number of aryl methyl sites for hydroxylation is 2. The van der Waals surface area contributed by atoms with Crippen LogP contribution in [0.15, 0.2) is 48.5 Å². The van der Waals surface area contributed by atoms with Gasteiger partial charge in [0.2, 0.25) is 0 Å². The van der Waals surface area contributed by atoms with Crippen LogP contribution in [0.1, 0.15) is 30.8 Å². The van der Waals surface area contributed by atoms with Gasteiger partial charge in [-0.25, -0.2) is 4.98 Å². The zero-order valence-corrected chi connectivity index (χ0v) is 16.1. The van der Waals surface area contributed by atoms with Gasteiger partial charge in [0.1, 0.15) is 17.4 Å². The molecule has 0 saturated heterocycles. The lowest BCUT2D eigenvalue weighted by Gasteiger charge is -2.06. The van der Waals surface area contributed by atoms with Gasteiger partial charge in [-0.05, 0) is 43.2 Å². The second-order valence-corrected chi connectivity index (χ2v) is 7.28. The first-order valence-corrected chi connectivity index (χ1v) is 9.36. The van der Waals surface area contributed by atoms with Crippen molar-refractivity contribution in [3.63, 3.8) is 0 Å². The van der Waals surface area contributed by atoms with E-state index in [1.807, 2.05) is 0 Å². The first-order chi connectivity index (χ1) is 14.5. The van der Waals surface area contributed by atoms with Crippen LogP contribution in [0.2, 0.25) is 0 Å². The first kappa shape index (κ1) is 18.2. The highest BCUT2D eigenvalue weighted by Crippen LogP contribution is 2.33. The van der Waals surface area contributed by atoms with Crippen molar-refractivity contribution in [3.05, 3.63) is 70.2 Å². The summed E-state index contributed by atoms with van der Waals surface area (Å²) in [6.45, 7) is 2.00. The molecular weight excluding hydrogens is 403 g/mol. The van der Waals surface area contributed by atoms with Gasteiger partial charge in [-0.15, -0.1) is 11.3 Å². The Morgan fingerprint density at radius 3 is 2.41 bits per heavy atom. The second kappa shape index (κ2) is 8.65. The zero-order valence-electron chi connectivity index (χ0n) is 17.3. The monoisotopic (exact) mass is 423 g/mol. The van der Waals surface area contributed by atoms with E-state index in [0.717, 1.165) is 17.0 Å². The quantitative estimate of drug-likeness (QED) is 0.527. The average molecular weight is 423 g/mol. The molecule has 0 spiro atoms. The third-order valence-electron chi connectivity index (χ3n) is 4.09. The summed E-state index contributed by atoms with van der Waals surface area (Å²) in [6, 6.07) is 11.3. The number of hydrogen-bond donors (Lipinski definition) is 1. The van der Waals surface area contributed by atoms with Crippen molar-refractivity contribution in [1.29, 1.82) is 0 Å². The molecule has 1 N–H and O–H groups in total. The maximum Gasteiger partial charge on any atom is 0.416 e. The van der Waals surface area contributed by atoms with E-state index >= 15 is 0 Å². The number of halogens is 3. The molecule has 29 heavy (non-hydrogen) atoms. The van der Waals surface area contributed by atoms with Crippen LogP contribution in [-0.4, -0.2) is 16.1 Å². The molecule has 152 valence electrons. The minimum Gasteiger partial charge on any atom is -0.488 e. The van der Waals surface area contributed by atoms with Gasteiger partial charge in [-0.2, -0.15) is 13.2 Å². The number of carboxylic acids is 1. The Kier molecular flexibility index (Phi) is 5.42. The molecule has 3 aromatic rings. The van der Waals surface area contributed by atoms with E-state index in [-0.39, 0.29) is 13.0 Å². The summed E-state index contributed by atoms with van der Waals surface area (Å²) in [5.41, 5.74) is 1.11.